The van der Waals surface area contributed by atoms with E-state index in [-0.39, 0.29) is 5.91 Å². The lowest BCUT2D eigenvalue weighted by Crippen LogP contribution is -2.25. The largest absolute Gasteiger partial charge is 0.382 e. The molecule has 6 nitrogen and oxygen atoms in total. The van der Waals surface area contributed by atoms with E-state index in [9.17, 15) is 4.79 Å². The summed E-state index contributed by atoms with van der Waals surface area (Å²) in [6.07, 6.45) is 2.33. The van der Waals surface area contributed by atoms with E-state index in [2.05, 4.69) is 39.7 Å². The molecule has 0 saturated heterocycles. The van der Waals surface area contributed by atoms with Crippen LogP contribution in [0.4, 0.5) is 11.5 Å². The third kappa shape index (κ3) is 6.12. The van der Waals surface area contributed by atoms with Gasteiger partial charge in [0.2, 0.25) is 0 Å². The summed E-state index contributed by atoms with van der Waals surface area (Å²) >= 11 is 0. The van der Waals surface area contributed by atoms with Gasteiger partial charge in [0.05, 0.1) is 5.69 Å². The minimum absolute atomic E-state index is 0.104. The number of aryl methyl sites for hydroxylation is 1. The van der Waals surface area contributed by atoms with Crippen molar-refractivity contribution in [3.05, 3.63) is 72.1 Å². The van der Waals surface area contributed by atoms with E-state index in [0.29, 0.717) is 31.1 Å². The summed E-state index contributed by atoms with van der Waals surface area (Å²) in [5, 5.41) is 6.17. The molecular weight excluding hydrogens is 364 g/mol. The summed E-state index contributed by atoms with van der Waals surface area (Å²) in [7, 11) is 0. The van der Waals surface area contributed by atoms with Crippen LogP contribution in [0.3, 0.4) is 0 Å². The van der Waals surface area contributed by atoms with Gasteiger partial charge in [-0.1, -0.05) is 35.9 Å². The van der Waals surface area contributed by atoms with E-state index in [4.69, 9.17) is 4.74 Å². The fourth-order valence-corrected chi connectivity index (χ4v) is 2.82. The molecule has 0 aliphatic rings. The van der Waals surface area contributed by atoms with Gasteiger partial charge in [-0.05, 0) is 38.5 Å². The van der Waals surface area contributed by atoms with E-state index in [0.717, 1.165) is 23.4 Å². The van der Waals surface area contributed by atoms with Gasteiger partial charge in [-0.3, -0.25) is 4.79 Å². The quantitative estimate of drug-likeness (QED) is 0.531. The Morgan fingerprint density at radius 2 is 1.90 bits per heavy atom. The number of rotatable bonds is 9. The summed E-state index contributed by atoms with van der Waals surface area (Å²) in [5.74, 6) is 0.568. The first-order valence-corrected chi connectivity index (χ1v) is 9.78. The Hall–Kier alpha value is -3.25. The summed E-state index contributed by atoms with van der Waals surface area (Å²) in [6.45, 7) is 5.94. The van der Waals surface area contributed by atoms with Gasteiger partial charge in [0.15, 0.2) is 0 Å². The van der Waals surface area contributed by atoms with Crippen LogP contribution >= 0.6 is 0 Å². The first-order chi connectivity index (χ1) is 14.2. The number of amides is 1. The smallest absolute Gasteiger partial charge is 0.251 e. The van der Waals surface area contributed by atoms with Crippen molar-refractivity contribution in [2.75, 3.05) is 25.1 Å². The van der Waals surface area contributed by atoms with Crippen LogP contribution in [-0.4, -0.2) is 35.6 Å². The Morgan fingerprint density at radius 1 is 1.07 bits per heavy atom. The van der Waals surface area contributed by atoms with E-state index in [1.54, 1.807) is 6.07 Å². The molecule has 0 fully saturated rings. The Labute approximate surface area is 171 Å². The van der Waals surface area contributed by atoms with Gasteiger partial charge < -0.3 is 15.4 Å². The molecular formula is C23H26N4O2. The molecule has 2 aromatic carbocycles. The number of carbonyl (C=O) groups excluding carboxylic acids is 1. The number of benzene rings is 2. The minimum atomic E-state index is -0.104. The third-order valence-electron chi connectivity index (χ3n) is 4.37. The second-order valence-corrected chi connectivity index (χ2v) is 6.67. The van der Waals surface area contributed by atoms with Gasteiger partial charge >= 0.3 is 0 Å². The molecule has 6 heteroatoms. The van der Waals surface area contributed by atoms with Gasteiger partial charge in [-0.2, -0.15) is 0 Å². The van der Waals surface area contributed by atoms with E-state index in [1.165, 1.54) is 11.9 Å². The third-order valence-corrected chi connectivity index (χ3v) is 4.37. The van der Waals surface area contributed by atoms with Crippen LogP contribution in [0.5, 0.6) is 0 Å². The molecule has 0 aliphatic carbocycles. The standard InChI is InChI=1S/C23H26N4O2/c1-3-29-13-5-12-24-23(28)19-6-4-7-20(14-19)27-22-15-21(25-16-26-22)18-10-8-17(2)9-11-18/h4,6-11,14-16H,3,5,12-13H2,1-2H3,(H,24,28)(H,25,26,27). The topological polar surface area (TPSA) is 76.1 Å². The lowest BCUT2D eigenvalue weighted by Gasteiger charge is -2.10. The molecule has 0 atom stereocenters. The fraction of sp³-hybridized carbons (Fsp3) is 0.261. The molecule has 1 amide bonds. The van der Waals surface area contributed by atoms with Crippen LogP contribution in [0, 0.1) is 6.92 Å². The zero-order valence-electron chi connectivity index (χ0n) is 16.8. The summed E-state index contributed by atoms with van der Waals surface area (Å²) < 4.78 is 5.28. The molecule has 0 radical (unpaired) electrons. The number of nitrogens with one attached hydrogen (secondary N) is 2. The van der Waals surface area contributed by atoms with E-state index in [1.807, 2.05) is 43.3 Å². The maximum Gasteiger partial charge on any atom is 0.251 e. The van der Waals surface area contributed by atoms with Crippen LogP contribution < -0.4 is 10.6 Å². The number of aromatic nitrogens is 2. The summed E-state index contributed by atoms with van der Waals surface area (Å²) in [6, 6.07) is 17.4. The maximum atomic E-state index is 12.3. The molecule has 0 saturated carbocycles. The van der Waals surface area contributed by atoms with Gasteiger partial charge in [0.25, 0.3) is 5.91 Å². The predicted octanol–water partition coefficient (Wildman–Crippen LogP) is 4.35. The molecule has 0 bridgehead atoms. The Balaban J connectivity index is 1.65. The highest BCUT2D eigenvalue weighted by atomic mass is 16.5. The van der Waals surface area contributed by atoms with Crippen molar-refractivity contribution in [2.24, 2.45) is 0 Å². The first kappa shape index (κ1) is 20.5. The summed E-state index contributed by atoms with van der Waals surface area (Å²) in [5.41, 5.74) is 4.46. The molecule has 0 spiro atoms. The van der Waals surface area contributed by atoms with Gasteiger partial charge in [-0.25, -0.2) is 9.97 Å². The Kier molecular flexibility index (Phi) is 7.30. The van der Waals surface area contributed by atoms with Crippen molar-refractivity contribution < 1.29 is 9.53 Å². The monoisotopic (exact) mass is 390 g/mol. The minimum Gasteiger partial charge on any atom is -0.382 e. The molecule has 150 valence electrons. The van der Waals surface area contributed by atoms with Gasteiger partial charge in [0, 0.05) is 42.6 Å². The van der Waals surface area contributed by atoms with Crippen molar-refractivity contribution in [1.82, 2.24) is 15.3 Å². The molecule has 29 heavy (non-hydrogen) atoms. The Morgan fingerprint density at radius 3 is 2.69 bits per heavy atom. The molecule has 1 aromatic heterocycles. The number of carbonyl (C=O) groups is 1. The van der Waals surface area contributed by atoms with Crippen LogP contribution in [0.25, 0.3) is 11.3 Å². The zero-order valence-corrected chi connectivity index (χ0v) is 16.8. The van der Waals surface area contributed by atoms with Crippen molar-refractivity contribution in [3.63, 3.8) is 0 Å². The van der Waals surface area contributed by atoms with Crippen LogP contribution in [-0.2, 0) is 4.74 Å². The first-order valence-electron chi connectivity index (χ1n) is 9.78. The normalized spacial score (nSPS) is 10.6. The Bertz CT molecular complexity index is 942. The summed E-state index contributed by atoms with van der Waals surface area (Å²) in [4.78, 5) is 21.0. The number of anilines is 2. The predicted molar refractivity (Wildman–Crippen MR) is 115 cm³/mol. The second-order valence-electron chi connectivity index (χ2n) is 6.67. The average Bonchev–Trinajstić information content (AvgIpc) is 2.74. The number of hydrogen-bond donors (Lipinski definition) is 2. The number of ether oxygens (including phenoxy) is 1. The lowest BCUT2D eigenvalue weighted by molar-refractivity contribution is 0.0944. The van der Waals surface area contributed by atoms with Crippen molar-refractivity contribution in [1.29, 1.82) is 0 Å². The highest BCUT2D eigenvalue weighted by Gasteiger charge is 2.07. The number of nitrogens with zero attached hydrogens (tertiary/aromatic N) is 2. The second kappa shape index (κ2) is 10.3. The molecule has 1 heterocycles. The molecule has 2 N–H and O–H groups in total. The SMILES string of the molecule is CCOCCCNC(=O)c1cccc(Nc2cc(-c3ccc(C)cc3)ncn2)c1. The van der Waals surface area contributed by atoms with Crippen molar-refractivity contribution in [2.45, 2.75) is 20.3 Å². The van der Waals surface area contributed by atoms with Gasteiger partial charge in [0.1, 0.15) is 12.1 Å². The molecule has 3 rings (SSSR count). The maximum absolute atomic E-state index is 12.3. The van der Waals surface area contributed by atoms with Crippen molar-refractivity contribution in [3.8, 4) is 11.3 Å². The fourth-order valence-electron chi connectivity index (χ4n) is 2.82. The number of hydrogen-bond acceptors (Lipinski definition) is 5. The van der Waals surface area contributed by atoms with E-state index < -0.39 is 0 Å². The highest BCUT2D eigenvalue weighted by Crippen LogP contribution is 2.22. The molecule has 0 aliphatic heterocycles. The highest BCUT2D eigenvalue weighted by molar-refractivity contribution is 5.95. The van der Waals surface area contributed by atoms with E-state index >= 15 is 0 Å². The van der Waals surface area contributed by atoms with Gasteiger partial charge in [-0.15, -0.1) is 0 Å². The zero-order chi connectivity index (χ0) is 20.5. The van der Waals surface area contributed by atoms with Crippen LogP contribution in [0.2, 0.25) is 0 Å². The molecule has 3 aromatic rings. The average molecular weight is 390 g/mol. The lowest BCUT2D eigenvalue weighted by atomic mass is 10.1. The van der Waals surface area contributed by atoms with Crippen molar-refractivity contribution >= 4 is 17.4 Å². The molecule has 0 unspecified atom stereocenters. The van der Waals surface area contributed by atoms with Crippen LogP contribution in [0.1, 0.15) is 29.3 Å². The van der Waals surface area contributed by atoms with Crippen LogP contribution in [0.15, 0.2) is 60.9 Å².